The Morgan fingerprint density at radius 2 is 1.50 bits per heavy atom. The highest BCUT2D eigenvalue weighted by Gasteiger charge is 2.50. The monoisotopic (exact) mass is 437 g/mol. The second-order valence-electron chi connectivity index (χ2n) is 7.17. The third kappa shape index (κ3) is 4.09. The molecule has 0 N–H and O–H groups in total. The molecular formula is C25H21Cl2NO2. The van der Waals surface area contributed by atoms with Crippen molar-refractivity contribution in [1.82, 2.24) is 4.90 Å². The normalized spacial score (nSPS) is 19.6. The van der Waals surface area contributed by atoms with Gasteiger partial charge < -0.3 is 9.64 Å². The number of benzene rings is 3. The number of hydrogen-bond acceptors (Lipinski definition) is 2. The molecule has 3 aromatic rings. The summed E-state index contributed by atoms with van der Waals surface area (Å²) in [5, 5.41) is 1.09. The summed E-state index contributed by atoms with van der Waals surface area (Å²) in [6.45, 7) is 1.94. The van der Waals surface area contributed by atoms with Crippen LogP contribution in [0.1, 0.15) is 24.1 Å². The molecule has 0 aliphatic carbocycles. The van der Waals surface area contributed by atoms with E-state index in [9.17, 15) is 4.79 Å². The van der Waals surface area contributed by atoms with Crippen LogP contribution in [0.2, 0.25) is 10.0 Å². The molecule has 4 rings (SSSR count). The van der Waals surface area contributed by atoms with E-state index in [-0.39, 0.29) is 18.0 Å². The number of β-lactam (4-membered cyclic amide) rings is 1. The Bertz CT molecular complexity index is 1030. The fourth-order valence-electron chi connectivity index (χ4n) is 3.73. The summed E-state index contributed by atoms with van der Waals surface area (Å²) in [6.07, 6.45) is 3.41. The van der Waals surface area contributed by atoms with Crippen LogP contribution in [0, 0.1) is 0 Å². The van der Waals surface area contributed by atoms with Crippen LogP contribution >= 0.6 is 23.2 Å². The second-order valence-corrected chi connectivity index (χ2v) is 7.98. The van der Waals surface area contributed by atoms with Crippen molar-refractivity contribution in [3.63, 3.8) is 0 Å². The van der Waals surface area contributed by atoms with Crippen LogP contribution in [0.15, 0.2) is 84.9 Å². The van der Waals surface area contributed by atoms with Gasteiger partial charge in [0.05, 0.1) is 12.1 Å². The number of carbonyl (C=O) groups is 1. The molecule has 0 saturated carbocycles. The Morgan fingerprint density at radius 1 is 0.900 bits per heavy atom. The van der Waals surface area contributed by atoms with Crippen molar-refractivity contribution in [2.75, 3.05) is 0 Å². The minimum Gasteiger partial charge on any atom is -0.478 e. The second kappa shape index (κ2) is 8.95. The van der Waals surface area contributed by atoms with Gasteiger partial charge in [0.25, 0.3) is 5.91 Å². The zero-order valence-corrected chi connectivity index (χ0v) is 17.9. The van der Waals surface area contributed by atoms with Crippen molar-refractivity contribution in [3.05, 3.63) is 106 Å². The molecule has 1 saturated heterocycles. The minimum absolute atomic E-state index is 0.0925. The van der Waals surface area contributed by atoms with Gasteiger partial charge in [0.2, 0.25) is 6.10 Å². The number of para-hydroxylation sites is 1. The van der Waals surface area contributed by atoms with Crippen molar-refractivity contribution in [2.45, 2.75) is 25.1 Å². The van der Waals surface area contributed by atoms with Crippen molar-refractivity contribution >= 4 is 35.2 Å². The average Bonchev–Trinajstić information content (AvgIpc) is 2.76. The third-order valence-electron chi connectivity index (χ3n) is 5.26. The van der Waals surface area contributed by atoms with Gasteiger partial charge in [-0.1, -0.05) is 90.0 Å². The van der Waals surface area contributed by atoms with E-state index in [0.717, 1.165) is 11.1 Å². The molecule has 152 valence electrons. The fourth-order valence-corrected chi connectivity index (χ4v) is 4.45. The number of ether oxygens (including phenoxy) is 1. The Hall–Kier alpha value is -2.75. The van der Waals surface area contributed by atoms with Gasteiger partial charge in [0.1, 0.15) is 5.75 Å². The molecule has 5 heteroatoms. The summed E-state index contributed by atoms with van der Waals surface area (Å²) in [5.41, 5.74) is 1.80. The van der Waals surface area contributed by atoms with Gasteiger partial charge in [-0.2, -0.15) is 0 Å². The van der Waals surface area contributed by atoms with Crippen molar-refractivity contribution in [1.29, 1.82) is 0 Å². The van der Waals surface area contributed by atoms with E-state index in [0.29, 0.717) is 15.8 Å². The van der Waals surface area contributed by atoms with Crippen LogP contribution < -0.4 is 4.74 Å². The average molecular weight is 438 g/mol. The number of hydrogen-bond donors (Lipinski definition) is 0. The summed E-state index contributed by atoms with van der Waals surface area (Å²) in [5.74, 6) is 0.571. The standard InChI is InChI=1S/C25H21Cl2NO2/c1-17(23-20(26)13-8-14-21(23)27)28-22(16-15-18-9-4-2-5-10-18)24(25(28)29)30-19-11-6-3-7-12-19/h2-17,22,24H,1H3/b16-15+/t17-,22+,24-/m0/s1. The van der Waals surface area contributed by atoms with E-state index in [2.05, 4.69) is 0 Å². The largest absolute Gasteiger partial charge is 0.478 e. The molecule has 1 fully saturated rings. The molecule has 0 radical (unpaired) electrons. The maximum absolute atomic E-state index is 13.1. The van der Waals surface area contributed by atoms with Crippen molar-refractivity contribution < 1.29 is 9.53 Å². The molecule has 0 spiro atoms. The van der Waals surface area contributed by atoms with Crippen molar-refractivity contribution in [3.8, 4) is 5.75 Å². The number of carbonyl (C=O) groups excluding carboxylic acids is 1. The Labute approximate surface area is 186 Å². The van der Waals surface area contributed by atoms with Gasteiger partial charge >= 0.3 is 0 Å². The van der Waals surface area contributed by atoms with Gasteiger partial charge in [-0.3, -0.25) is 4.79 Å². The number of amides is 1. The van der Waals surface area contributed by atoms with Gasteiger partial charge in [-0.15, -0.1) is 0 Å². The van der Waals surface area contributed by atoms with E-state index in [4.69, 9.17) is 27.9 Å². The Balaban J connectivity index is 1.64. The smallest absolute Gasteiger partial charge is 0.267 e. The van der Waals surface area contributed by atoms with Gasteiger partial charge in [-0.25, -0.2) is 0 Å². The molecule has 1 amide bonds. The first kappa shape index (κ1) is 20.5. The van der Waals surface area contributed by atoms with Crippen LogP contribution in [-0.4, -0.2) is 23.0 Å². The summed E-state index contributed by atoms with van der Waals surface area (Å²) in [7, 11) is 0. The zero-order valence-electron chi connectivity index (χ0n) is 16.4. The first-order valence-corrected chi connectivity index (χ1v) is 10.5. The van der Waals surface area contributed by atoms with Crippen LogP contribution in [0.3, 0.4) is 0 Å². The van der Waals surface area contributed by atoms with Crippen LogP contribution in [0.5, 0.6) is 5.75 Å². The van der Waals surface area contributed by atoms with E-state index < -0.39 is 6.10 Å². The zero-order chi connectivity index (χ0) is 21.1. The molecule has 0 aromatic heterocycles. The molecule has 1 aliphatic rings. The summed E-state index contributed by atoms with van der Waals surface area (Å²) in [4.78, 5) is 14.9. The molecule has 3 aromatic carbocycles. The summed E-state index contributed by atoms with van der Waals surface area (Å²) >= 11 is 12.8. The summed E-state index contributed by atoms with van der Waals surface area (Å²) < 4.78 is 6.03. The van der Waals surface area contributed by atoms with Gasteiger partial charge in [0.15, 0.2) is 0 Å². The number of halogens is 2. The minimum atomic E-state index is -0.601. The van der Waals surface area contributed by atoms with Crippen LogP contribution in [0.4, 0.5) is 0 Å². The molecule has 1 aliphatic heterocycles. The lowest BCUT2D eigenvalue weighted by Crippen LogP contribution is -2.66. The SMILES string of the molecule is C[C@@H](c1c(Cl)cccc1Cl)N1C(=O)[C@@H](Oc2ccccc2)[C@H]1/C=C/c1ccccc1. The van der Waals surface area contributed by atoms with E-state index >= 15 is 0 Å². The molecular weight excluding hydrogens is 417 g/mol. The highest BCUT2D eigenvalue weighted by molar-refractivity contribution is 6.36. The lowest BCUT2D eigenvalue weighted by atomic mass is 9.91. The highest BCUT2D eigenvalue weighted by atomic mass is 35.5. The maximum Gasteiger partial charge on any atom is 0.267 e. The Kier molecular flexibility index (Phi) is 6.12. The number of nitrogens with zero attached hydrogens (tertiary/aromatic N) is 1. The summed E-state index contributed by atoms with van der Waals surface area (Å²) in [6, 6.07) is 24.2. The first-order chi connectivity index (χ1) is 14.6. The van der Waals surface area contributed by atoms with Gasteiger partial charge in [-0.05, 0) is 36.8 Å². The van der Waals surface area contributed by atoms with Gasteiger partial charge in [0, 0.05) is 15.6 Å². The maximum atomic E-state index is 13.1. The van der Waals surface area contributed by atoms with Crippen molar-refractivity contribution in [2.24, 2.45) is 0 Å². The molecule has 1 heterocycles. The quantitative estimate of drug-likeness (QED) is 0.416. The first-order valence-electron chi connectivity index (χ1n) is 9.77. The topological polar surface area (TPSA) is 29.5 Å². The lowest BCUT2D eigenvalue weighted by molar-refractivity contribution is -0.163. The van der Waals surface area contributed by atoms with E-state index in [1.165, 1.54) is 0 Å². The lowest BCUT2D eigenvalue weighted by Gasteiger charge is -2.48. The molecule has 3 nitrogen and oxygen atoms in total. The molecule has 30 heavy (non-hydrogen) atoms. The fraction of sp³-hybridized carbons (Fsp3) is 0.160. The van der Waals surface area contributed by atoms with Crippen LogP contribution in [-0.2, 0) is 4.79 Å². The predicted octanol–water partition coefficient (Wildman–Crippen LogP) is 6.43. The number of likely N-dealkylation sites (tertiary alicyclic amines) is 1. The Morgan fingerprint density at radius 3 is 2.13 bits per heavy atom. The van der Waals surface area contributed by atoms with E-state index in [1.807, 2.05) is 79.7 Å². The molecule has 0 bridgehead atoms. The van der Waals surface area contributed by atoms with Crippen LogP contribution in [0.25, 0.3) is 6.08 Å². The predicted molar refractivity (Wildman–Crippen MR) is 122 cm³/mol. The van der Waals surface area contributed by atoms with E-state index in [1.54, 1.807) is 23.1 Å². The number of rotatable bonds is 6. The molecule has 0 unspecified atom stereocenters. The molecule has 3 atom stereocenters. The highest BCUT2D eigenvalue weighted by Crippen LogP contribution is 2.40. The third-order valence-corrected chi connectivity index (χ3v) is 5.91.